The van der Waals surface area contributed by atoms with Gasteiger partial charge >= 0.3 is 0 Å². The fraction of sp³-hybridized carbons (Fsp3) is 0.133. The molecule has 1 amide bonds. The van der Waals surface area contributed by atoms with E-state index in [1.165, 1.54) is 11.3 Å². The topological polar surface area (TPSA) is 68.0 Å². The number of hydrogen-bond donors (Lipinski definition) is 1. The molecule has 3 aromatic heterocycles. The molecule has 5 nitrogen and oxygen atoms in total. The van der Waals surface area contributed by atoms with E-state index < -0.39 is 0 Å². The molecule has 3 rings (SSSR count). The molecule has 1 N–H and O–H groups in total. The van der Waals surface area contributed by atoms with Crippen molar-refractivity contribution < 1.29 is 9.21 Å². The first-order valence-corrected chi connectivity index (χ1v) is 7.29. The predicted molar refractivity (Wildman–Crippen MR) is 80.0 cm³/mol. The standard InChI is InChI=1S/C15H13N3O2S/c1-10-7-13(21-9-10)15(19)18-8-11-14(17-5-4-16-11)12-3-2-6-20-12/h2-7,9H,8H2,1H3,(H,18,19). The fourth-order valence-corrected chi connectivity index (χ4v) is 2.73. The Labute approximate surface area is 125 Å². The van der Waals surface area contributed by atoms with E-state index in [4.69, 9.17) is 4.42 Å². The van der Waals surface area contributed by atoms with E-state index >= 15 is 0 Å². The average Bonchev–Trinajstić information content (AvgIpc) is 3.16. The highest BCUT2D eigenvalue weighted by molar-refractivity contribution is 7.12. The summed E-state index contributed by atoms with van der Waals surface area (Å²) in [5.41, 5.74) is 2.40. The predicted octanol–water partition coefficient (Wildman–Crippen LogP) is 3.04. The van der Waals surface area contributed by atoms with Gasteiger partial charge < -0.3 is 9.73 Å². The van der Waals surface area contributed by atoms with E-state index in [2.05, 4.69) is 15.3 Å². The lowest BCUT2D eigenvalue weighted by molar-refractivity contribution is 0.0954. The quantitative estimate of drug-likeness (QED) is 0.804. The van der Waals surface area contributed by atoms with E-state index in [-0.39, 0.29) is 5.91 Å². The van der Waals surface area contributed by atoms with Crippen LogP contribution in [0.2, 0.25) is 0 Å². The third kappa shape index (κ3) is 3.00. The molecule has 3 heterocycles. The molecule has 0 aliphatic rings. The number of carbonyl (C=O) groups excluding carboxylic acids is 1. The number of rotatable bonds is 4. The lowest BCUT2D eigenvalue weighted by atomic mass is 10.2. The molecular formula is C15H13N3O2S. The number of hydrogen-bond acceptors (Lipinski definition) is 5. The minimum Gasteiger partial charge on any atom is -0.463 e. The van der Waals surface area contributed by atoms with Crippen molar-refractivity contribution in [1.82, 2.24) is 15.3 Å². The average molecular weight is 299 g/mol. The van der Waals surface area contributed by atoms with Crippen molar-refractivity contribution in [3.63, 3.8) is 0 Å². The van der Waals surface area contributed by atoms with Crippen LogP contribution in [0.25, 0.3) is 11.5 Å². The molecule has 21 heavy (non-hydrogen) atoms. The molecule has 0 unspecified atom stereocenters. The Bertz CT molecular complexity index is 750. The Hall–Kier alpha value is -2.47. The number of aromatic nitrogens is 2. The van der Waals surface area contributed by atoms with Gasteiger partial charge in [-0.2, -0.15) is 0 Å². The second-order valence-electron chi connectivity index (χ2n) is 4.50. The van der Waals surface area contributed by atoms with Crippen LogP contribution in [0, 0.1) is 6.92 Å². The SMILES string of the molecule is Cc1csc(C(=O)NCc2nccnc2-c2ccco2)c1. The van der Waals surface area contributed by atoms with Crippen LogP contribution in [0.4, 0.5) is 0 Å². The van der Waals surface area contributed by atoms with Crippen molar-refractivity contribution in [1.29, 1.82) is 0 Å². The smallest absolute Gasteiger partial charge is 0.261 e. The Morgan fingerprint density at radius 3 is 2.95 bits per heavy atom. The lowest BCUT2D eigenvalue weighted by Gasteiger charge is -2.06. The van der Waals surface area contributed by atoms with Gasteiger partial charge in [0.2, 0.25) is 0 Å². The maximum absolute atomic E-state index is 12.1. The molecule has 0 saturated carbocycles. The van der Waals surface area contributed by atoms with Gasteiger partial charge in [0, 0.05) is 12.4 Å². The van der Waals surface area contributed by atoms with Gasteiger partial charge in [0.1, 0.15) is 5.69 Å². The zero-order valence-corrected chi connectivity index (χ0v) is 12.2. The van der Waals surface area contributed by atoms with Crippen LogP contribution in [0.1, 0.15) is 20.9 Å². The summed E-state index contributed by atoms with van der Waals surface area (Å²) in [5, 5.41) is 4.81. The molecule has 6 heteroatoms. The van der Waals surface area contributed by atoms with Gasteiger partial charge in [-0.1, -0.05) is 0 Å². The van der Waals surface area contributed by atoms with Gasteiger partial charge in [-0.05, 0) is 36.1 Å². The number of amides is 1. The van der Waals surface area contributed by atoms with Crippen LogP contribution in [0.5, 0.6) is 0 Å². The lowest BCUT2D eigenvalue weighted by Crippen LogP contribution is -2.23. The third-order valence-electron chi connectivity index (χ3n) is 2.90. The van der Waals surface area contributed by atoms with Crippen LogP contribution >= 0.6 is 11.3 Å². The Kier molecular flexibility index (Phi) is 3.79. The van der Waals surface area contributed by atoms with Gasteiger partial charge in [-0.3, -0.25) is 9.78 Å². The van der Waals surface area contributed by atoms with Crippen LogP contribution in [-0.4, -0.2) is 15.9 Å². The van der Waals surface area contributed by atoms with E-state index in [1.807, 2.05) is 24.4 Å². The summed E-state index contributed by atoms with van der Waals surface area (Å²) in [5.74, 6) is 0.531. The number of furan rings is 1. The number of nitrogens with one attached hydrogen (secondary N) is 1. The monoisotopic (exact) mass is 299 g/mol. The zero-order valence-electron chi connectivity index (χ0n) is 11.4. The Balaban J connectivity index is 1.75. The fourth-order valence-electron chi connectivity index (χ4n) is 1.92. The molecular weight excluding hydrogens is 286 g/mol. The minimum absolute atomic E-state index is 0.107. The van der Waals surface area contributed by atoms with E-state index in [0.29, 0.717) is 28.6 Å². The van der Waals surface area contributed by atoms with Crippen molar-refractivity contribution >= 4 is 17.2 Å². The number of aryl methyl sites for hydroxylation is 1. The summed E-state index contributed by atoms with van der Waals surface area (Å²) in [6.07, 6.45) is 4.79. The molecule has 0 radical (unpaired) electrons. The van der Waals surface area contributed by atoms with Gasteiger partial charge in [0.15, 0.2) is 5.76 Å². The van der Waals surface area contributed by atoms with Gasteiger partial charge in [0.25, 0.3) is 5.91 Å². The minimum atomic E-state index is -0.107. The molecule has 0 bridgehead atoms. The van der Waals surface area contributed by atoms with Crippen molar-refractivity contribution in [2.75, 3.05) is 0 Å². The molecule has 3 aromatic rings. The number of nitrogens with zero attached hydrogens (tertiary/aromatic N) is 2. The first-order chi connectivity index (χ1) is 10.2. The summed E-state index contributed by atoms with van der Waals surface area (Å²) in [6, 6.07) is 5.48. The first-order valence-electron chi connectivity index (χ1n) is 6.41. The Morgan fingerprint density at radius 1 is 1.38 bits per heavy atom. The van der Waals surface area contributed by atoms with Crippen molar-refractivity contribution in [3.05, 3.63) is 58.4 Å². The molecule has 0 atom stereocenters. The summed E-state index contributed by atoms with van der Waals surface area (Å²) >= 11 is 1.43. The third-order valence-corrected chi connectivity index (χ3v) is 3.95. The second-order valence-corrected chi connectivity index (χ2v) is 5.41. The molecule has 106 valence electrons. The maximum atomic E-state index is 12.1. The van der Waals surface area contributed by atoms with E-state index in [1.54, 1.807) is 24.7 Å². The first kappa shape index (κ1) is 13.5. The van der Waals surface area contributed by atoms with Crippen molar-refractivity contribution in [2.45, 2.75) is 13.5 Å². The summed E-state index contributed by atoms with van der Waals surface area (Å²) in [6.45, 7) is 2.27. The molecule has 0 aromatic carbocycles. The van der Waals surface area contributed by atoms with Crippen molar-refractivity contribution in [3.8, 4) is 11.5 Å². The molecule has 0 aliphatic heterocycles. The highest BCUT2D eigenvalue weighted by Gasteiger charge is 2.13. The highest BCUT2D eigenvalue weighted by atomic mass is 32.1. The number of thiophene rings is 1. The molecule has 0 spiro atoms. The van der Waals surface area contributed by atoms with Crippen LogP contribution < -0.4 is 5.32 Å². The van der Waals surface area contributed by atoms with Gasteiger partial charge in [-0.15, -0.1) is 11.3 Å². The van der Waals surface area contributed by atoms with E-state index in [9.17, 15) is 4.79 Å². The zero-order chi connectivity index (χ0) is 14.7. The van der Waals surface area contributed by atoms with Crippen LogP contribution in [-0.2, 0) is 6.54 Å². The molecule has 0 saturated heterocycles. The van der Waals surface area contributed by atoms with Crippen molar-refractivity contribution in [2.24, 2.45) is 0 Å². The normalized spacial score (nSPS) is 10.5. The summed E-state index contributed by atoms with van der Waals surface area (Å²) in [7, 11) is 0. The van der Waals surface area contributed by atoms with Crippen LogP contribution in [0.15, 0.2) is 46.7 Å². The number of carbonyl (C=O) groups is 1. The second kappa shape index (κ2) is 5.88. The highest BCUT2D eigenvalue weighted by Crippen LogP contribution is 2.20. The van der Waals surface area contributed by atoms with E-state index in [0.717, 1.165) is 5.56 Å². The molecule has 0 aliphatic carbocycles. The van der Waals surface area contributed by atoms with Crippen LogP contribution in [0.3, 0.4) is 0 Å². The van der Waals surface area contributed by atoms with Gasteiger partial charge in [-0.25, -0.2) is 4.98 Å². The largest absolute Gasteiger partial charge is 0.463 e. The summed E-state index contributed by atoms with van der Waals surface area (Å²) < 4.78 is 5.34. The maximum Gasteiger partial charge on any atom is 0.261 e. The summed E-state index contributed by atoms with van der Waals surface area (Å²) in [4.78, 5) is 21.3. The van der Waals surface area contributed by atoms with Gasteiger partial charge in [0.05, 0.1) is 23.4 Å². The Morgan fingerprint density at radius 2 is 2.24 bits per heavy atom. The molecule has 0 fully saturated rings.